The molecular formula is C20H18N2O6. The molecule has 1 aliphatic rings. The maximum absolute atomic E-state index is 12.5. The number of carbonyl (C=O) groups is 2. The van der Waals surface area contributed by atoms with Crippen molar-refractivity contribution < 1.29 is 28.3 Å². The van der Waals surface area contributed by atoms with E-state index in [0.717, 1.165) is 17.7 Å². The molecule has 1 aromatic carbocycles. The van der Waals surface area contributed by atoms with E-state index in [1.807, 2.05) is 0 Å². The van der Waals surface area contributed by atoms with E-state index in [1.165, 1.54) is 6.26 Å². The quantitative estimate of drug-likeness (QED) is 0.673. The van der Waals surface area contributed by atoms with Crippen LogP contribution in [0.2, 0.25) is 0 Å². The number of rotatable bonds is 6. The predicted molar refractivity (Wildman–Crippen MR) is 96.8 cm³/mol. The summed E-state index contributed by atoms with van der Waals surface area (Å²) in [5.74, 6) is 0.357. The van der Waals surface area contributed by atoms with Crippen LogP contribution >= 0.6 is 0 Å². The van der Waals surface area contributed by atoms with Crippen LogP contribution in [0.1, 0.15) is 28.6 Å². The molecule has 3 aromatic rings. The Labute approximate surface area is 160 Å². The summed E-state index contributed by atoms with van der Waals surface area (Å²) in [6.07, 6.45) is 2.12. The number of benzene rings is 1. The molecule has 2 aromatic heterocycles. The van der Waals surface area contributed by atoms with Crippen LogP contribution in [-0.2, 0) is 22.4 Å². The lowest BCUT2D eigenvalue weighted by Crippen LogP contribution is -2.35. The van der Waals surface area contributed by atoms with E-state index in [1.54, 1.807) is 37.3 Å². The minimum atomic E-state index is -1.16. The molecule has 2 N–H and O–H groups in total. The van der Waals surface area contributed by atoms with E-state index >= 15 is 0 Å². The average Bonchev–Trinajstić information content (AvgIpc) is 3.40. The second kappa shape index (κ2) is 7.22. The number of amides is 1. The second-order valence-electron chi connectivity index (χ2n) is 6.48. The topological polar surface area (TPSA) is 115 Å². The molecule has 0 saturated carbocycles. The first kappa shape index (κ1) is 17.8. The van der Waals surface area contributed by atoms with E-state index in [-0.39, 0.29) is 12.3 Å². The van der Waals surface area contributed by atoms with Crippen LogP contribution in [0.4, 0.5) is 0 Å². The normalized spacial score (nSPS) is 13.6. The van der Waals surface area contributed by atoms with Gasteiger partial charge in [-0.05, 0) is 42.3 Å². The van der Waals surface area contributed by atoms with Crippen molar-refractivity contribution in [3.63, 3.8) is 0 Å². The van der Waals surface area contributed by atoms with Crippen molar-refractivity contribution in [1.82, 2.24) is 10.3 Å². The Kier molecular flexibility index (Phi) is 4.60. The lowest BCUT2D eigenvalue weighted by atomic mass is 10.0. The number of carbonyl (C=O) groups excluding carboxylic acids is 1. The number of furan rings is 1. The van der Waals surface area contributed by atoms with Crippen molar-refractivity contribution in [2.24, 2.45) is 0 Å². The number of oxazole rings is 1. The van der Waals surface area contributed by atoms with Crippen molar-refractivity contribution >= 4 is 11.9 Å². The predicted octanol–water partition coefficient (Wildman–Crippen LogP) is 2.66. The molecule has 1 atom stereocenters. The first-order valence-corrected chi connectivity index (χ1v) is 8.79. The number of carboxylic acids is 1. The molecule has 0 spiro atoms. The van der Waals surface area contributed by atoms with Crippen LogP contribution in [0.3, 0.4) is 0 Å². The SMILES string of the molecule is Cc1oc(-c2ccco2)nc1CC(=O)NC(C(=O)O)c1ccc2c(c1)CCO2. The second-order valence-corrected chi connectivity index (χ2v) is 6.48. The van der Waals surface area contributed by atoms with E-state index in [4.69, 9.17) is 13.6 Å². The number of aryl methyl sites for hydroxylation is 1. The Morgan fingerprint density at radius 1 is 1.32 bits per heavy atom. The highest BCUT2D eigenvalue weighted by Crippen LogP contribution is 2.28. The summed E-state index contributed by atoms with van der Waals surface area (Å²) in [6, 6.07) is 7.40. The number of ether oxygens (including phenoxy) is 1. The van der Waals surface area contributed by atoms with Crippen LogP contribution < -0.4 is 10.1 Å². The Morgan fingerprint density at radius 3 is 2.93 bits per heavy atom. The van der Waals surface area contributed by atoms with Gasteiger partial charge >= 0.3 is 5.97 Å². The zero-order valence-electron chi connectivity index (χ0n) is 15.1. The molecule has 0 fully saturated rings. The molecule has 3 heterocycles. The van der Waals surface area contributed by atoms with Crippen LogP contribution in [0.25, 0.3) is 11.7 Å². The average molecular weight is 382 g/mol. The number of hydrogen-bond donors (Lipinski definition) is 2. The summed E-state index contributed by atoms with van der Waals surface area (Å²) in [7, 11) is 0. The van der Waals surface area contributed by atoms with Gasteiger partial charge in [0.25, 0.3) is 5.89 Å². The zero-order valence-corrected chi connectivity index (χ0v) is 15.1. The van der Waals surface area contributed by atoms with Gasteiger partial charge in [0.05, 0.1) is 25.0 Å². The number of fused-ring (bicyclic) bond motifs is 1. The van der Waals surface area contributed by atoms with Gasteiger partial charge in [0.2, 0.25) is 5.91 Å². The van der Waals surface area contributed by atoms with Gasteiger partial charge in [0.15, 0.2) is 11.8 Å². The highest BCUT2D eigenvalue weighted by atomic mass is 16.5. The molecule has 8 nitrogen and oxygen atoms in total. The highest BCUT2D eigenvalue weighted by molar-refractivity contribution is 5.85. The van der Waals surface area contributed by atoms with Crippen molar-refractivity contribution in [2.75, 3.05) is 6.61 Å². The Hall–Kier alpha value is -3.55. The molecule has 1 amide bonds. The molecule has 0 saturated heterocycles. The van der Waals surface area contributed by atoms with Crippen molar-refractivity contribution in [2.45, 2.75) is 25.8 Å². The molecule has 4 rings (SSSR count). The number of aromatic nitrogens is 1. The van der Waals surface area contributed by atoms with Gasteiger partial charge < -0.3 is 24.0 Å². The fourth-order valence-electron chi connectivity index (χ4n) is 3.14. The summed E-state index contributed by atoms with van der Waals surface area (Å²) < 4.78 is 16.2. The highest BCUT2D eigenvalue weighted by Gasteiger charge is 2.25. The van der Waals surface area contributed by atoms with Crippen LogP contribution in [-0.4, -0.2) is 28.6 Å². The van der Waals surface area contributed by atoms with Gasteiger partial charge in [0.1, 0.15) is 11.5 Å². The fraction of sp³-hybridized carbons (Fsp3) is 0.250. The first-order chi connectivity index (χ1) is 13.5. The standard InChI is InChI=1S/C20H18N2O6/c1-11-14(21-19(28-11)16-3-2-7-26-16)10-17(23)22-18(20(24)25)13-4-5-15-12(9-13)6-8-27-15/h2-5,7,9,18H,6,8,10H2,1H3,(H,22,23)(H,24,25). The third-order valence-electron chi connectivity index (χ3n) is 4.55. The number of aliphatic carboxylic acids is 1. The van der Waals surface area contributed by atoms with E-state index in [2.05, 4.69) is 10.3 Å². The molecule has 1 aliphatic heterocycles. The number of hydrogen-bond acceptors (Lipinski definition) is 6. The molecule has 1 unspecified atom stereocenters. The summed E-state index contributed by atoms with van der Waals surface area (Å²) in [5, 5.41) is 12.1. The largest absolute Gasteiger partial charge is 0.493 e. The summed E-state index contributed by atoms with van der Waals surface area (Å²) in [4.78, 5) is 28.5. The molecule has 0 bridgehead atoms. The Morgan fingerprint density at radius 2 is 2.18 bits per heavy atom. The van der Waals surface area contributed by atoms with Crippen molar-refractivity contribution in [3.05, 3.63) is 59.2 Å². The third kappa shape index (κ3) is 3.48. The molecule has 0 radical (unpaired) electrons. The van der Waals surface area contributed by atoms with Crippen LogP contribution in [0.5, 0.6) is 5.75 Å². The number of nitrogens with zero attached hydrogens (tertiary/aromatic N) is 1. The van der Waals surface area contributed by atoms with Crippen molar-refractivity contribution in [1.29, 1.82) is 0 Å². The first-order valence-electron chi connectivity index (χ1n) is 8.79. The molecule has 0 aliphatic carbocycles. The van der Waals surface area contributed by atoms with E-state index < -0.39 is 17.9 Å². The monoisotopic (exact) mass is 382 g/mol. The minimum absolute atomic E-state index is 0.103. The molecular weight excluding hydrogens is 364 g/mol. The van der Waals surface area contributed by atoms with Gasteiger partial charge in [-0.25, -0.2) is 9.78 Å². The van der Waals surface area contributed by atoms with E-state index in [9.17, 15) is 14.7 Å². The molecule has 28 heavy (non-hydrogen) atoms. The number of nitrogens with one attached hydrogen (secondary N) is 1. The summed E-state index contributed by atoms with van der Waals surface area (Å²) >= 11 is 0. The van der Waals surface area contributed by atoms with Gasteiger partial charge in [-0.1, -0.05) is 6.07 Å². The lowest BCUT2D eigenvalue weighted by Gasteiger charge is -2.15. The maximum atomic E-state index is 12.5. The van der Waals surface area contributed by atoms with Crippen LogP contribution in [0, 0.1) is 6.92 Å². The molecule has 8 heteroatoms. The third-order valence-corrected chi connectivity index (χ3v) is 4.55. The van der Waals surface area contributed by atoms with E-state index in [0.29, 0.717) is 29.4 Å². The number of carboxylic acid groups (broad SMARTS) is 1. The van der Waals surface area contributed by atoms with Gasteiger partial charge in [-0.15, -0.1) is 0 Å². The lowest BCUT2D eigenvalue weighted by molar-refractivity contribution is -0.142. The van der Waals surface area contributed by atoms with Gasteiger partial charge in [0, 0.05) is 6.42 Å². The minimum Gasteiger partial charge on any atom is -0.493 e. The van der Waals surface area contributed by atoms with Gasteiger partial charge in [-0.2, -0.15) is 0 Å². The smallest absolute Gasteiger partial charge is 0.330 e. The maximum Gasteiger partial charge on any atom is 0.330 e. The summed E-state index contributed by atoms with van der Waals surface area (Å²) in [6.45, 7) is 2.27. The Balaban J connectivity index is 1.49. The zero-order chi connectivity index (χ0) is 19.7. The summed E-state index contributed by atoms with van der Waals surface area (Å²) in [5.41, 5.74) is 1.86. The van der Waals surface area contributed by atoms with Gasteiger partial charge in [-0.3, -0.25) is 4.79 Å². The Bertz CT molecular complexity index is 1020. The van der Waals surface area contributed by atoms with Crippen molar-refractivity contribution in [3.8, 4) is 17.4 Å². The fourth-order valence-corrected chi connectivity index (χ4v) is 3.14. The molecule has 144 valence electrons. The van der Waals surface area contributed by atoms with Crippen LogP contribution in [0.15, 0.2) is 45.4 Å².